The fourth-order valence-corrected chi connectivity index (χ4v) is 3.43. The van der Waals surface area contributed by atoms with Gasteiger partial charge in [-0.25, -0.2) is 0 Å². The minimum absolute atomic E-state index is 0.733. The number of nitrogens with zero attached hydrogens (tertiary/aromatic N) is 1. The highest BCUT2D eigenvalue weighted by atomic mass is 15.1. The van der Waals surface area contributed by atoms with Gasteiger partial charge in [0.15, 0.2) is 0 Å². The molecule has 0 spiro atoms. The second-order valence-corrected chi connectivity index (χ2v) is 6.23. The molecule has 2 nitrogen and oxygen atoms in total. The van der Waals surface area contributed by atoms with Crippen LogP contribution >= 0.6 is 0 Å². The quantitative estimate of drug-likeness (QED) is 0.873. The second kappa shape index (κ2) is 6.06. The van der Waals surface area contributed by atoms with Crippen LogP contribution in [0.3, 0.4) is 0 Å². The lowest BCUT2D eigenvalue weighted by molar-refractivity contribution is 0.175. The fraction of sp³-hybridized carbons (Fsp3) is 0.647. The number of benzene rings is 1. The van der Waals surface area contributed by atoms with E-state index in [0.29, 0.717) is 0 Å². The van der Waals surface area contributed by atoms with Crippen molar-refractivity contribution in [3.05, 3.63) is 35.9 Å². The number of hydrogen-bond donors (Lipinski definition) is 1. The third-order valence-electron chi connectivity index (χ3n) is 4.82. The van der Waals surface area contributed by atoms with Crippen molar-refractivity contribution in [3.63, 3.8) is 0 Å². The summed E-state index contributed by atoms with van der Waals surface area (Å²) in [5.41, 5.74) is 1.51. The summed E-state index contributed by atoms with van der Waals surface area (Å²) in [6, 6.07) is 12.5. The third-order valence-corrected chi connectivity index (χ3v) is 4.82. The Morgan fingerprint density at radius 3 is 2.84 bits per heavy atom. The molecule has 1 N–H and O–H groups in total. The van der Waals surface area contributed by atoms with E-state index in [0.717, 1.165) is 18.0 Å². The van der Waals surface area contributed by atoms with E-state index in [1.54, 1.807) is 0 Å². The molecule has 19 heavy (non-hydrogen) atoms. The Labute approximate surface area is 117 Å². The van der Waals surface area contributed by atoms with Gasteiger partial charge in [-0.1, -0.05) is 36.8 Å². The first-order chi connectivity index (χ1) is 9.34. The van der Waals surface area contributed by atoms with Gasteiger partial charge in [0.05, 0.1) is 0 Å². The SMILES string of the molecule is CN1CCCCC1CCNC1CC1c1ccccc1. The van der Waals surface area contributed by atoms with Crippen LogP contribution in [0.5, 0.6) is 0 Å². The van der Waals surface area contributed by atoms with Crippen molar-refractivity contribution in [1.29, 1.82) is 0 Å². The zero-order valence-electron chi connectivity index (χ0n) is 12.0. The van der Waals surface area contributed by atoms with E-state index in [1.807, 2.05) is 0 Å². The molecule has 0 bridgehead atoms. The average Bonchev–Trinajstić information content (AvgIpc) is 3.22. The molecule has 2 fully saturated rings. The van der Waals surface area contributed by atoms with Crippen molar-refractivity contribution in [2.75, 3.05) is 20.1 Å². The Morgan fingerprint density at radius 2 is 2.05 bits per heavy atom. The van der Waals surface area contributed by atoms with E-state index < -0.39 is 0 Å². The van der Waals surface area contributed by atoms with Crippen LogP contribution in [0, 0.1) is 0 Å². The van der Waals surface area contributed by atoms with Crippen molar-refractivity contribution in [1.82, 2.24) is 10.2 Å². The Balaban J connectivity index is 1.38. The summed E-state index contributed by atoms with van der Waals surface area (Å²) in [5, 5.41) is 3.75. The zero-order valence-corrected chi connectivity index (χ0v) is 12.0. The number of piperidine rings is 1. The van der Waals surface area contributed by atoms with E-state index in [9.17, 15) is 0 Å². The molecular formula is C17H26N2. The first-order valence-electron chi connectivity index (χ1n) is 7.83. The maximum absolute atomic E-state index is 3.75. The molecule has 2 aliphatic rings. The third kappa shape index (κ3) is 3.37. The molecule has 0 radical (unpaired) electrons. The Hall–Kier alpha value is -0.860. The lowest BCUT2D eigenvalue weighted by Gasteiger charge is -2.32. The summed E-state index contributed by atoms with van der Waals surface area (Å²) in [4.78, 5) is 2.55. The number of nitrogens with one attached hydrogen (secondary N) is 1. The van der Waals surface area contributed by atoms with Crippen molar-refractivity contribution < 1.29 is 0 Å². The molecule has 104 valence electrons. The highest BCUT2D eigenvalue weighted by molar-refractivity contribution is 5.27. The Bertz CT molecular complexity index is 390. The van der Waals surface area contributed by atoms with Crippen molar-refractivity contribution in [3.8, 4) is 0 Å². The van der Waals surface area contributed by atoms with Gasteiger partial charge in [0.1, 0.15) is 0 Å². The van der Waals surface area contributed by atoms with Crippen molar-refractivity contribution in [2.24, 2.45) is 0 Å². The van der Waals surface area contributed by atoms with Crippen LogP contribution in [0.2, 0.25) is 0 Å². The van der Waals surface area contributed by atoms with Gasteiger partial charge in [-0.2, -0.15) is 0 Å². The lowest BCUT2D eigenvalue weighted by Crippen LogP contribution is -2.38. The summed E-state index contributed by atoms with van der Waals surface area (Å²) in [5.74, 6) is 0.769. The van der Waals surface area contributed by atoms with E-state index in [4.69, 9.17) is 0 Å². The van der Waals surface area contributed by atoms with Crippen molar-refractivity contribution >= 4 is 0 Å². The Kier molecular flexibility index (Phi) is 4.19. The van der Waals surface area contributed by atoms with Crippen LogP contribution in [-0.4, -0.2) is 37.1 Å². The molecule has 1 saturated heterocycles. The van der Waals surface area contributed by atoms with Crippen LogP contribution in [0.1, 0.15) is 43.6 Å². The molecule has 1 aromatic rings. The van der Waals surface area contributed by atoms with Crippen molar-refractivity contribution in [2.45, 2.75) is 50.1 Å². The van der Waals surface area contributed by atoms with Gasteiger partial charge >= 0.3 is 0 Å². The van der Waals surface area contributed by atoms with Gasteiger partial charge in [-0.05, 0) is 51.4 Å². The molecule has 1 aliphatic carbocycles. The van der Waals surface area contributed by atoms with Crippen LogP contribution in [0.15, 0.2) is 30.3 Å². The van der Waals surface area contributed by atoms with Gasteiger partial charge in [-0.15, -0.1) is 0 Å². The van der Waals surface area contributed by atoms with Gasteiger partial charge in [0.2, 0.25) is 0 Å². The first kappa shape index (κ1) is 13.1. The van der Waals surface area contributed by atoms with Gasteiger partial charge < -0.3 is 10.2 Å². The summed E-state index contributed by atoms with van der Waals surface area (Å²) in [6.45, 7) is 2.48. The summed E-state index contributed by atoms with van der Waals surface area (Å²) in [7, 11) is 2.29. The summed E-state index contributed by atoms with van der Waals surface area (Å²) < 4.78 is 0. The van der Waals surface area contributed by atoms with Crippen LogP contribution in [0.4, 0.5) is 0 Å². The normalized spacial score (nSPS) is 31.3. The standard InChI is InChI=1S/C17H26N2/c1-19-12-6-5-9-15(19)10-11-18-17-13-16(17)14-7-3-2-4-8-14/h2-4,7-8,15-18H,5-6,9-13H2,1H3. The highest BCUT2D eigenvalue weighted by Gasteiger charge is 2.37. The monoisotopic (exact) mass is 258 g/mol. The lowest BCUT2D eigenvalue weighted by atomic mass is 10.0. The molecular weight excluding hydrogens is 232 g/mol. The van der Waals surface area contributed by atoms with Gasteiger partial charge in [0, 0.05) is 18.0 Å². The van der Waals surface area contributed by atoms with Gasteiger partial charge in [-0.3, -0.25) is 0 Å². The molecule has 1 saturated carbocycles. The van der Waals surface area contributed by atoms with E-state index >= 15 is 0 Å². The molecule has 1 aromatic carbocycles. The zero-order chi connectivity index (χ0) is 13.1. The molecule has 1 aliphatic heterocycles. The summed E-state index contributed by atoms with van der Waals surface area (Å²) >= 11 is 0. The average molecular weight is 258 g/mol. The predicted octanol–water partition coefficient (Wildman–Crippen LogP) is 3.01. The van der Waals surface area contributed by atoms with E-state index in [-0.39, 0.29) is 0 Å². The largest absolute Gasteiger partial charge is 0.313 e. The van der Waals surface area contributed by atoms with Crippen LogP contribution < -0.4 is 5.32 Å². The van der Waals surface area contributed by atoms with Gasteiger partial charge in [0.25, 0.3) is 0 Å². The minimum atomic E-state index is 0.733. The second-order valence-electron chi connectivity index (χ2n) is 6.23. The molecule has 0 amide bonds. The number of rotatable bonds is 5. The fourth-order valence-electron chi connectivity index (χ4n) is 3.43. The molecule has 1 heterocycles. The highest BCUT2D eigenvalue weighted by Crippen LogP contribution is 2.40. The minimum Gasteiger partial charge on any atom is -0.313 e. The van der Waals surface area contributed by atoms with Crippen LogP contribution in [0.25, 0.3) is 0 Å². The predicted molar refractivity (Wildman–Crippen MR) is 80.5 cm³/mol. The maximum atomic E-state index is 3.75. The molecule has 3 rings (SSSR count). The molecule has 0 aromatic heterocycles. The molecule has 2 heteroatoms. The number of hydrogen-bond acceptors (Lipinski definition) is 2. The first-order valence-corrected chi connectivity index (χ1v) is 7.83. The summed E-state index contributed by atoms with van der Waals surface area (Å²) in [6.07, 6.45) is 6.84. The maximum Gasteiger partial charge on any atom is 0.0143 e. The topological polar surface area (TPSA) is 15.3 Å². The molecule has 3 atom stereocenters. The van der Waals surface area contributed by atoms with Crippen LogP contribution in [-0.2, 0) is 0 Å². The number of likely N-dealkylation sites (tertiary alicyclic amines) is 1. The van der Waals surface area contributed by atoms with E-state index in [1.165, 1.54) is 50.8 Å². The smallest absolute Gasteiger partial charge is 0.0143 e. The molecule has 3 unspecified atom stereocenters. The van der Waals surface area contributed by atoms with E-state index in [2.05, 4.69) is 47.6 Å². The Morgan fingerprint density at radius 1 is 1.21 bits per heavy atom.